The summed E-state index contributed by atoms with van der Waals surface area (Å²) >= 11 is 0. The van der Waals surface area contributed by atoms with Gasteiger partial charge in [-0.05, 0) is 25.3 Å². The number of carbonyl (C=O) groups is 2. The van der Waals surface area contributed by atoms with Crippen molar-refractivity contribution in [2.24, 2.45) is 11.8 Å². The summed E-state index contributed by atoms with van der Waals surface area (Å²) in [6.07, 6.45) is 2.99. The molecule has 0 spiro atoms. The number of aldehydes is 1. The molecule has 1 atom stereocenters. The average Bonchev–Trinajstić information content (AvgIpc) is 2.26. The number of piperidine rings is 1. The number of likely N-dealkylation sites (tertiary alicyclic amines) is 1. The Bertz CT molecular complexity index is 241. The number of nitrogens with zero attached hydrogens (tertiary/aromatic N) is 1. The summed E-state index contributed by atoms with van der Waals surface area (Å²) in [5, 5.41) is 2.89. The SMILES string of the molecule is CC(C)CNC(=O)CN1CCCC(C=O)C1. The lowest BCUT2D eigenvalue weighted by Gasteiger charge is -2.29. The molecule has 1 aliphatic rings. The molecule has 0 aromatic heterocycles. The molecule has 0 bridgehead atoms. The molecule has 1 aliphatic heterocycles. The Morgan fingerprint density at radius 3 is 2.94 bits per heavy atom. The van der Waals surface area contributed by atoms with E-state index in [1.165, 1.54) is 0 Å². The number of nitrogens with one attached hydrogen (secondary N) is 1. The fraction of sp³-hybridized carbons (Fsp3) is 0.833. The predicted molar refractivity (Wildman–Crippen MR) is 63.1 cm³/mol. The van der Waals surface area contributed by atoms with Crippen LogP contribution in [0, 0.1) is 11.8 Å². The summed E-state index contributed by atoms with van der Waals surface area (Å²) in [5.41, 5.74) is 0. The molecule has 0 saturated carbocycles. The highest BCUT2D eigenvalue weighted by Gasteiger charge is 2.20. The molecule has 16 heavy (non-hydrogen) atoms. The van der Waals surface area contributed by atoms with Crippen LogP contribution in [0.25, 0.3) is 0 Å². The monoisotopic (exact) mass is 226 g/mol. The second-order valence-electron chi connectivity index (χ2n) is 4.97. The highest BCUT2D eigenvalue weighted by atomic mass is 16.2. The van der Waals surface area contributed by atoms with Gasteiger partial charge in [0.2, 0.25) is 5.91 Å². The maximum absolute atomic E-state index is 11.6. The number of hydrogen-bond donors (Lipinski definition) is 1. The summed E-state index contributed by atoms with van der Waals surface area (Å²) in [5.74, 6) is 0.667. The van der Waals surface area contributed by atoms with Gasteiger partial charge in [0.25, 0.3) is 0 Å². The van der Waals surface area contributed by atoms with Gasteiger partial charge < -0.3 is 10.1 Å². The fourth-order valence-corrected chi connectivity index (χ4v) is 1.92. The molecule has 0 aromatic carbocycles. The maximum atomic E-state index is 11.6. The molecule has 1 unspecified atom stereocenters. The Morgan fingerprint density at radius 1 is 1.56 bits per heavy atom. The molecule has 0 radical (unpaired) electrons. The van der Waals surface area contributed by atoms with Gasteiger partial charge in [0.05, 0.1) is 6.54 Å². The first-order valence-corrected chi connectivity index (χ1v) is 6.06. The van der Waals surface area contributed by atoms with Crippen molar-refractivity contribution in [1.82, 2.24) is 10.2 Å². The van der Waals surface area contributed by atoms with Crippen molar-refractivity contribution in [3.05, 3.63) is 0 Å². The molecule has 4 nitrogen and oxygen atoms in total. The maximum Gasteiger partial charge on any atom is 0.234 e. The summed E-state index contributed by atoms with van der Waals surface area (Å²) in [4.78, 5) is 24.3. The van der Waals surface area contributed by atoms with Gasteiger partial charge in [0.1, 0.15) is 6.29 Å². The Hall–Kier alpha value is -0.900. The minimum atomic E-state index is 0.0697. The van der Waals surface area contributed by atoms with Gasteiger partial charge in [-0.15, -0.1) is 0 Å². The van der Waals surface area contributed by atoms with Crippen LogP contribution in [0.5, 0.6) is 0 Å². The van der Waals surface area contributed by atoms with E-state index < -0.39 is 0 Å². The molecule has 1 saturated heterocycles. The van der Waals surface area contributed by atoms with E-state index in [-0.39, 0.29) is 11.8 Å². The highest BCUT2D eigenvalue weighted by Crippen LogP contribution is 2.13. The molecule has 1 amide bonds. The molecule has 1 N–H and O–H groups in total. The first-order chi connectivity index (χ1) is 7.61. The van der Waals surface area contributed by atoms with E-state index in [0.717, 1.165) is 38.8 Å². The van der Waals surface area contributed by atoms with Crippen molar-refractivity contribution >= 4 is 12.2 Å². The van der Waals surface area contributed by atoms with Crippen molar-refractivity contribution in [2.45, 2.75) is 26.7 Å². The van der Waals surface area contributed by atoms with Gasteiger partial charge in [-0.3, -0.25) is 9.69 Å². The summed E-state index contributed by atoms with van der Waals surface area (Å²) in [6, 6.07) is 0. The molecule has 1 heterocycles. The third kappa shape index (κ3) is 4.75. The van der Waals surface area contributed by atoms with Gasteiger partial charge in [0, 0.05) is 19.0 Å². The summed E-state index contributed by atoms with van der Waals surface area (Å²) in [7, 11) is 0. The van der Waals surface area contributed by atoms with Crippen LogP contribution in [0.4, 0.5) is 0 Å². The lowest BCUT2D eigenvalue weighted by molar-refractivity contribution is -0.123. The topological polar surface area (TPSA) is 49.4 Å². The number of hydrogen-bond acceptors (Lipinski definition) is 3. The zero-order valence-electron chi connectivity index (χ0n) is 10.2. The van der Waals surface area contributed by atoms with E-state index in [0.29, 0.717) is 12.5 Å². The van der Waals surface area contributed by atoms with Crippen molar-refractivity contribution < 1.29 is 9.59 Å². The number of amides is 1. The van der Waals surface area contributed by atoms with Crippen LogP contribution in [-0.2, 0) is 9.59 Å². The van der Waals surface area contributed by atoms with E-state index in [4.69, 9.17) is 0 Å². The Morgan fingerprint density at radius 2 is 2.31 bits per heavy atom. The minimum absolute atomic E-state index is 0.0697. The second kappa shape index (κ2) is 6.63. The van der Waals surface area contributed by atoms with Gasteiger partial charge in [0.15, 0.2) is 0 Å². The quantitative estimate of drug-likeness (QED) is 0.701. The van der Waals surface area contributed by atoms with Crippen LogP contribution in [0.15, 0.2) is 0 Å². The average molecular weight is 226 g/mol. The van der Waals surface area contributed by atoms with Gasteiger partial charge in [-0.2, -0.15) is 0 Å². The van der Waals surface area contributed by atoms with Crippen LogP contribution in [-0.4, -0.2) is 43.3 Å². The van der Waals surface area contributed by atoms with E-state index >= 15 is 0 Å². The van der Waals surface area contributed by atoms with Crippen molar-refractivity contribution in [3.8, 4) is 0 Å². The molecule has 1 rings (SSSR count). The van der Waals surface area contributed by atoms with Crippen LogP contribution < -0.4 is 5.32 Å². The lowest BCUT2D eigenvalue weighted by atomic mass is 10.00. The Labute approximate surface area is 97.4 Å². The van der Waals surface area contributed by atoms with Gasteiger partial charge in [-0.1, -0.05) is 13.8 Å². The van der Waals surface area contributed by atoms with Crippen LogP contribution in [0.2, 0.25) is 0 Å². The molecule has 0 aromatic rings. The third-order valence-corrected chi connectivity index (χ3v) is 2.81. The largest absolute Gasteiger partial charge is 0.355 e. The van der Waals surface area contributed by atoms with Crippen LogP contribution in [0.3, 0.4) is 0 Å². The zero-order chi connectivity index (χ0) is 12.0. The van der Waals surface area contributed by atoms with Gasteiger partial charge in [-0.25, -0.2) is 0 Å². The number of rotatable bonds is 5. The molecule has 0 aliphatic carbocycles. The smallest absolute Gasteiger partial charge is 0.234 e. The molecule has 1 fully saturated rings. The van der Waals surface area contributed by atoms with E-state index in [9.17, 15) is 9.59 Å². The third-order valence-electron chi connectivity index (χ3n) is 2.81. The number of carbonyl (C=O) groups excluding carboxylic acids is 2. The summed E-state index contributed by atoms with van der Waals surface area (Å²) in [6.45, 7) is 6.96. The first kappa shape index (κ1) is 13.2. The van der Waals surface area contributed by atoms with Crippen LogP contribution >= 0.6 is 0 Å². The summed E-state index contributed by atoms with van der Waals surface area (Å²) < 4.78 is 0. The first-order valence-electron chi connectivity index (χ1n) is 6.06. The molecule has 92 valence electrons. The molecular formula is C12H22N2O2. The molecule has 4 heteroatoms. The normalized spacial score (nSPS) is 22.1. The Kier molecular flexibility index (Phi) is 5.46. The lowest BCUT2D eigenvalue weighted by Crippen LogP contribution is -2.43. The van der Waals surface area contributed by atoms with Crippen LogP contribution in [0.1, 0.15) is 26.7 Å². The minimum Gasteiger partial charge on any atom is -0.355 e. The predicted octanol–water partition coefficient (Wildman–Crippen LogP) is 0.670. The fourth-order valence-electron chi connectivity index (χ4n) is 1.92. The van der Waals surface area contributed by atoms with E-state index in [1.54, 1.807) is 0 Å². The Balaban J connectivity index is 2.25. The van der Waals surface area contributed by atoms with E-state index in [2.05, 4.69) is 24.1 Å². The van der Waals surface area contributed by atoms with Gasteiger partial charge >= 0.3 is 0 Å². The standard InChI is InChI=1S/C12H22N2O2/c1-10(2)6-13-12(16)8-14-5-3-4-11(7-14)9-15/h9-11H,3-8H2,1-2H3,(H,13,16). The van der Waals surface area contributed by atoms with E-state index in [1.807, 2.05) is 0 Å². The van der Waals surface area contributed by atoms with Crippen molar-refractivity contribution in [1.29, 1.82) is 0 Å². The van der Waals surface area contributed by atoms with Crippen molar-refractivity contribution in [3.63, 3.8) is 0 Å². The molecular weight excluding hydrogens is 204 g/mol. The second-order valence-corrected chi connectivity index (χ2v) is 4.97. The highest BCUT2D eigenvalue weighted by molar-refractivity contribution is 5.78. The zero-order valence-corrected chi connectivity index (χ0v) is 10.2. The van der Waals surface area contributed by atoms with Crippen molar-refractivity contribution in [2.75, 3.05) is 26.2 Å².